The van der Waals surface area contributed by atoms with Crippen LogP contribution in [-0.2, 0) is 0 Å². The van der Waals surface area contributed by atoms with Crippen LogP contribution in [0.3, 0.4) is 0 Å². The Hall–Kier alpha value is -1.59. The highest BCUT2D eigenvalue weighted by Crippen LogP contribution is 2.34. The monoisotopic (exact) mass is 254 g/mol. The van der Waals surface area contributed by atoms with E-state index in [-0.39, 0.29) is 10.7 Å². The topological polar surface area (TPSA) is 55.2 Å². The van der Waals surface area contributed by atoms with E-state index >= 15 is 0 Å². The maximum Gasteiger partial charge on any atom is 0.311 e. The van der Waals surface area contributed by atoms with Gasteiger partial charge in [0.25, 0.3) is 0 Å². The molecule has 0 unspecified atom stereocenters. The van der Waals surface area contributed by atoms with Crippen molar-refractivity contribution in [2.45, 2.75) is 0 Å². The van der Waals surface area contributed by atoms with E-state index in [4.69, 9.17) is 11.6 Å². The van der Waals surface area contributed by atoms with Crippen molar-refractivity contribution < 1.29 is 4.92 Å². The predicted molar refractivity (Wildman–Crippen MR) is 65.7 cm³/mol. The van der Waals surface area contributed by atoms with Crippen LogP contribution in [0.25, 0.3) is 0 Å². The van der Waals surface area contributed by atoms with Crippen molar-refractivity contribution in [2.75, 3.05) is 5.32 Å². The molecule has 0 saturated heterocycles. The van der Waals surface area contributed by atoms with Gasteiger partial charge in [0, 0.05) is 11.1 Å². The molecule has 82 valence electrons. The van der Waals surface area contributed by atoms with E-state index in [1.165, 1.54) is 17.4 Å². The summed E-state index contributed by atoms with van der Waals surface area (Å²) in [6, 6.07) is 6.64. The number of halogens is 1. The molecule has 1 aromatic carbocycles. The van der Waals surface area contributed by atoms with E-state index in [0.29, 0.717) is 5.69 Å². The minimum atomic E-state index is -0.489. The zero-order chi connectivity index (χ0) is 11.5. The van der Waals surface area contributed by atoms with Gasteiger partial charge in [0.1, 0.15) is 10.7 Å². The Balaban J connectivity index is 2.40. The molecule has 2 aromatic rings. The minimum absolute atomic E-state index is 0.102. The highest BCUT2D eigenvalue weighted by Gasteiger charge is 2.18. The van der Waals surface area contributed by atoms with Gasteiger partial charge in [-0.05, 0) is 23.6 Å². The van der Waals surface area contributed by atoms with E-state index < -0.39 is 4.92 Å². The van der Waals surface area contributed by atoms with Gasteiger partial charge in [0.15, 0.2) is 0 Å². The largest absolute Gasteiger partial charge is 0.349 e. The molecule has 0 aliphatic heterocycles. The highest BCUT2D eigenvalue weighted by atomic mass is 35.5. The third kappa shape index (κ3) is 2.15. The summed E-state index contributed by atoms with van der Waals surface area (Å²) in [6.07, 6.45) is 0. The number of hydrogen-bond acceptors (Lipinski definition) is 4. The molecule has 1 heterocycles. The first-order valence-electron chi connectivity index (χ1n) is 4.40. The molecule has 16 heavy (non-hydrogen) atoms. The van der Waals surface area contributed by atoms with Crippen LogP contribution < -0.4 is 5.32 Å². The molecule has 0 saturated carbocycles. The summed E-state index contributed by atoms with van der Waals surface area (Å²) in [4.78, 5) is 10.4. The van der Waals surface area contributed by atoms with Gasteiger partial charge >= 0.3 is 5.69 Å². The van der Waals surface area contributed by atoms with Crippen LogP contribution in [0.1, 0.15) is 0 Å². The van der Waals surface area contributed by atoms with Gasteiger partial charge in [0.05, 0.1) is 4.92 Å². The Kier molecular flexibility index (Phi) is 3.07. The lowest BCUT2D eigenvalue weighted by molar-refractivity contribution is -0.383. The summed E-state index contributed by atoms with van der Waals surface area (Å²) in [5.74, 6) is 0. The zero-order valence-electron chi connectivity index (χ0n) is 8.01. The van der Waals surface area contributed by atoms with Gasteiger partial charge in [-0.15, -0.1) is 0 Å². The van der Waals surface area contributed by atoms with E-state index in [9.17, 15) is 10.1 Å². The summed E-state index contributed by atoms with van der Waals surface area (Å²) >= 11 is 7.30. The lowest BCUT2D eigenvalue weighted by Crippen LogP contribution is -1.96. The summed E-state index contributed by atoms with van der Waals surface area (Å²) in [7, 11) is 0. The van der Waals surface area contributed by atoms with Crippen LogP contribution >= 0.6 is 22.9 Å². The predicted octanol–water partition coefficient (Wildman–Crippen LogP) is 4.05. The van der Waals surface area contributed by atoms with Crippen LogP contribution in [0.4, 0.5) is 17.1 Å². The average molecular weight is 255 g/mol. The van der Waals surface area contributed by atoms with E-state index in [0.717, 1.165) is 5.69 Å². The average Bonchev–Trinajstić information content (AvgIpc) is 2.70. The molecule has 0 fully saturated rings. The van der Waals surface area contributed by atoms with Gasteiger partial charge in [-0.2, -0.15) is 11.3 Å². The van der Waals surface area contributed by atoms with Crippen molar-refractivity contribution in [3.05, 3.63) is 50.2 Å². The normalized spacial score (nSPS) is 10.1. The lowest BCUT2D eigenvalue weighted by Gasteiger charge is -2.05. The Labute approximate surface area is 101 Å². The van der Waals surface area contributed by atoms with E-state index in [1.807, 2.05) is 16.8 Å². The van der Waals surface area contributed by atoms with Crippen molar-refractivity contribution in [1.29, 1.82) is 0 Å². The SMILES string of the molecule is O=[N+]([O-])c1c(Cl)cccc1Nc1ccsc1. The molecule has 6 heteroatoms. The quantitative estimate of drug-likeness (QED) is 0.664. The Bertz CT molecular complexity index is 514. The number of anilines is 2. The Morgan fingerprint density at radius 1 is 1.38 bits per heavy atom. The number of hydrogen-bond donors (Lipinski definition) is 1. The number of nitrogens with zero attached hydrogens (tertiary/aromatic N) is 1. The van der Waals surface area contributed by atoms with Gasteiger partial charge in [-0.3, -0.25) is 10.1 Å². The van der Waals surface area contributed by atoms with Crippen molar-refractivity contribution in [2.24, 2.45) is 0 Å². The molecule has 1 N–H and O–H groups in total. The second-order valence-electron chi connectivity index (χ2n) is 3.03. The number of nitro benzene ring substituents is 1. The zero-order valence-corrected chi connectivity index (χ0v) is 9.59. The van der Waals surface area contributed by atoms with Gasteiger partial charge < -0.3 is 5.32 Å². The maximum absolute atomic E-state index is 10.9. The summed E-state index contributed by atoms with van der Waals surface area (Å²) in [5, 5.41) is 17.7. The lowest BCUT2D eigenvalue weighted by atomic mass is 10.2. The standard InChI is InChI=1S/C10H7ClN2O2S/c11-8-2-1-3-9(10(8)13(14)15)12-7-4-5-16-6-7/h1-6,12H. The Morgan fingerprint density at radius 2 is 2.19 bits per heavy atom. The molecule has 0 aliphatic rings. The fourth-order valence-corrected chi connectivity index (χ4v) is 2.12. The molecule has 0 spiro atoms. The summed E-state index contributed by atoms with van der Waals surface area (Å²) in [6.45, 7) is 0. The number of nitro groups is 1. The van der Waals surface area contributed by atoms with Gasteiger partial charge in [-0.25, -0.2) is 0 Å². The maximum atomic E-state index is 10.9. The van der Waals surface area contributed by atoms with E-state index in [2.05, 4.69) is 5.32 Å². The number of rotatable bonds is 3. The summed E-state index contributed by atoms with van der Waals surface area (Å²) in [5.41, 5.74) is 1.11. The molecule has 4 nitrogen and oxygen atoms in total. The van der Waals surface area contributed by atoms with Crippen LogP contribution in [0.2, 0.25) is 5.02 Å². The molecule has 1 aromatic heterocycles. The van der Waals surface area contributed by atoms with Crippen LogP contribution in [-0.4, -0.2) is 4.92 Å². The van der Waals surface area contributed by atoms with Gasteiger partial charge in [0.2, 0.25) is 0 Å². The number of nitrogens with one attached hydrogen (secondary N) is 1. The molecular weight excluding hydrogens is 248 g/mol. The van der Waals surface area contributed by atoms with E-state index in [1.54, 1.807) is 12.1 Å². The fraction of sp³-hybridized carbons (Fsp3) is 0. The van der Waals surface area contributed by atoms with Crippen molar-refractivity contribution in [3.63, 3.8) is 0 Å². The Morgan fingerprint density at radius 3 is 2.81 bits per heavy atom. The molecule has 2 rings (SSSR count). The molecule has 0 aliphatic carbocycles. The smallest absolute Gasteiger partial charge is 0.311 e. The van der Waals surface area contributed by atoms with Gasteiger partial charge in [-0.1, -0.05) is 17.7 Å². The molecular formula is C10H7ClN2O2S. The van der Waals surface area contributed by atoms with Crippen molar-refractivity contribution >= 4 is 40.0 Å². The minimum Gasteiger partial charge on any atom is -0.349 e. The van der Waals surface area contributed by atoms with Crippen LogP contribution in [0, 0.1) is 10.1 Å². The van der Waals surface area contributed by atoms with Crippen molar-refractivity contribution in [3.8, 4) is 0 Å². The highest BCUT2D eigenvalue weighted by molar-refractivity contribution is 7.08. The first kappa shape index (κ1) is 10.9. The first-order chi connectivity index (χ1) is 7.68. The number of thiophene rings is 1. The van der Waals surface area contributed by atoms with Crippen LogP contribution in [0.15, 0.2) is 35.0 Å². The fourth-order valence-electron chi connectivity index (χ4n) is 1.29. The first-order valence-corrected chi connectivity index (χ1v) is 5.72. The van der Waals surface area contributed by atoms with Crippen molar-refractivity contribution in [1.82, 2.24) is 0 Å². The molecule has 0 bridgehead atoms. The molecule has 0 amide bonds. The second kappa shape index (κ2) is 4.51. The molecule has 0 radical (unpaired) electrons. The summed E-state index contributed by atoms with van der Waals surface area (Å²) < 4.78 is 0. The third-order valence-corrected chi connectivity index (χ3v) is 2.96. The number of benzene rings is 1. The third-order valence-electron chi connectivity index (χ3n) is 1.97. The van der Waals surface area contributed by atoms with Crippen LogP contribution in [0.5, 0.6) is 0 Å². The number of para-hydroxylation sites is 1. The second-order valence-corrected chi connectivity index (χ2v) is 4.22. The molecule has 0 atom stereocenters.